The number of nitrogens with one attached hydrogen (secondary N) is 1. The largest absolute Gasteiger partial charge is 0.314 e. The summed E-state index contributed by atoms with van der Waals surface area (Å²) in [5.41, 5.74) is -0.146. The quantitative estimate of drug-likeness (QED) is 0.667. The van der Waals surface area contributed by atoms with Crippen molar-refractivity contribution in [3.63, 3.8) is 0 Å². The van der Waals surface area contributed by atoms with Gasteiger partial charge in [0.15, 0.2) is 0 Å². The zero-order valence-corrected chi connectivity index (χ0v) is 11.7. The van der Waals surface area contributed by atoms with E-state index in [1.807, 2.05) is 13.0 Å². The Morgan fingerprint density at radius 2 is 2.00 bits per heavy atom. The van der Waals surface area contributed by atoms with Gasteiger partial charge in [0.1, 0.15) is 9.84 Å². The lowest BCUT2D eigenvalue weighted by atomic mass is 9.87. The van der Waals surface area contributed by atoms with E-state index in [2.05, 4.69) is 25.7 Å². The molecule has 0 amide bonds. The number of sulfone groups is 1. The Kier molecular flexibility index (Phi) is 6.26. The van der Waals surface area contributed by atoms with Crippen LogP contribution in [0.5, 0.6) is 0 Å². The van der Waals surface area contributed by atoms with Gasteiger partial charge in [-0.2, -0.15) is 0 Å². The molecular formula is C12H25NO2S. The fourth-order valence-electron chi connectivity index (χ4n) is 1.23. The van der Waals surface area contributed by atoms with Crippen LogP contribution in [0, 0.1) is 5.41 Å². The molecule has 0 spiro atoms. The van der Waals surface area contributed by atoms with E-state index in [1.165, 1.54) is 0 Å². The third kappa shape index (κ3) is 6.28. The van der Waals surface area contributed by atoms with E-state index in [0.29, 0.717) is 12.5 Å². The van der Waals surface area contributed by atoms with Gasteiger partial charge in [0.05, 0.1) is 5.75 Å². The minimum Gasteiger partial charge on any atom is -0.314 e. The zero-order chi connectivity index (χ0) is 12.8. The Hall–Kier alpha value is -0.350. The van der Waals surface area contributed by atoms with Gasteiger partial charge in [0.2, 0.25) is 0 Å². The maximum atomic E-state index is 11.4. The van der Waals surface area contributed by atoms with E-state index in [4.69, 9.17) is 0 Å². The van der Waals surface area contributed by atoms with Crippen LogP contribution in [-0.4, -0.2) is 32.5 Å². The van der Waals surface area contributed by atoms with Crippen molar-refractivity contribution in [2.75, 3.05) is 18.1 Å². The number of hydrogen-bond acceptors (Lipinski definition) is 3. The summed E-state index contributed by atoms with van der Waals surface area (Å²) in [5, 5.41) is 3.33. The van der Waals surface area contributed by atoms with Crippen molar-refractivity contribution >= 4 is 9.84 Å². The fraction of sp³-hybridized carbons (Fsp3) is 0.833. The summed E-state index contributed by atoms with van der Waals surface area (Å²) in [5.74, 6) is 0.462. The molecule has 0 bridgehead atoms. The monoisotopic (exact) mass is 247 g/mol. The Labute approximate surface area is 100 Å². The van der Waals surface area contributed by atoms with Crippen LogP contribution in [0.1, 0.15) is 34.1 Å². The summed E-state index contributed by atoms with van der Waals surface area (Å²) in [6, 6.07) is 0.405. The molecule has 0 aliphatic rings. The van der Waals surface area contributed by atoms with Crippen molar-refractivity contribution in [2.24, 2.45) is 5.41 Å². The highest BCUT2D eigenvalue weighted by atomic mass is 32.2. The first-order chi connectivity index (χ1) is 7.24. The normalized spacial score (nSPS) is 16.1. The molecule has 0 aromatic heterocycles. The van der Waals surface area contributed by atoms with Gasteiger partial charge in [-0.15, -0.1) is 6.58 Å². The summed E-state index contributed by atoms with van der Waals surface area (Å²) in [4.78, 5) is 0. The first kappa shape index (κ1) is 15.7. The van der Waals surface area contributed by atoms with Crippen molar-refractivity contribution in [1.82, 2.24) is 5.32 Å². The predicted octanol–water partition coefficient (Wildman–Crippen LogP) is 2.00. The van der Waals surface area contributed by atoms with Crippen molar-refractivity contribution in [3.8, 4) is 0 Å². The molecule has 3 nitrogen and oxygen atoms in total. The molecule has 0 aliphatic heterocycles. The second-order valence-electron chi connectivity index (χ2n) is 4.88. The SMILES string of the molecule is C=CC(C)(CCS(=O)(=O)CC)CNC(C)C. The van der Waals surface area contributed by atoms with Gasteiger partial charge in [-0.3, -0.25) is 0 Å². The highest BCUT2D eigenvalue weighted by Crippen LogP contribution is 2.22. The minimum atomic E-state index is -2.88. The molecule has 1 atom stereocenters. The van der Waals surface area contributed by atoms with Gasteiger partial charge < -0.3 is 5.32 Å². The van der Waals surface area contributed by atoms with Gasteiger partial charge >= 0.3 is 0 Å². The minimum absolute atomic E-state index is 0.146. The molecule has 16 heavy (non-hydrogen) atoms. The molecule has 0 fully saturated rings. The molecule has 4 heteroatoms. The van der Waals surface area contributed by atoms with Crippen molar-refractivity contribution in [1.29, 1.82) is 0 Å². The lowest BCUT2D eigenvalue weighted by Crippen LogP contribution is -2.35. The van der Waals surface area contributed by atoms with Crippen LogP contribution < -0.4 is 5.32 Å². The standard InChI is InChI=1S/C12H25NO2S/c1-6-12(5,10-13-11(3)4)8-9-16(14,15)7-2/h6,11,13H,1,7-10H2,2-5H3. The van der Waals surface area contributed by atoms with Gasteiger partial charge in [0.25, 0.3) is 0 Å². The molecule has 0 heterocycles. The molecule has 0 radical (unpaired) electrons. The molecule has 0 aliphatic carbocycles. The smallest absolute Gasteiger partial charge is 0.150 e. The second kappa shape index (κ2) is 6.40. The lowest BCUT2D eigenvalue weighted by Gasteiger charge is -2.27. The summed E-state index contributed by atoms with van der Waals surface area (Å²) in [7, 11) is -2.88. The van der Waals surface area contributed by atoms with Crippen LogP contribution in [0.2, 0.25) is 0 Å². The fourth-order valence-corrected chi connectivity index (χ4v) is 2.30. The first-order valence-corrected chi connectivity index (χ1v) is 7.64. The van der Waals surface area contributed by atoms with Crippen LogP contribution >= 0.6 is 0 Å². The van der Waals surface area contributed by atoms with E-state index >= 15 is 0 Å². The molecule has 0 aromatic rings. The third-order valence-electron chi connectivity index (χ3n) is 2.83. The number of hydrogen-bond donors (Lipinski definition) is 1. The van der Waals surface area contributed by atoms with Gasteiger partial charge in [0, 0.05) is 18.3 Å². The predicted molar refractivity (Wildman–Crippen MR) is 70.4 cm³/mol. The van der Waals surface area contributed by atoms with E-state index in [1.54, 1.807) is 6.92 Å². The van der Waals surface area contributed by atoms with Gasteiger partial charge in [-0.05, 0) is 11.8 Å². The molecule has 1 unspecified atom stereocenters. The molecular weight excluding hydrogens is 222 g/mol. The average molecular weight is 247 g/mol. The van der Waals surface area contributed by atoms with Crippen LogP contribution in [0.3, 0.4) is 0 Å². The Morgan fingerprint density at radius 3 is 2.38 bits per heavy atom. The highest BCUT2D eigenvalue weighted by Gasteiger charge is 2.23. The van der Waals surface area contributed by atoms with Crippen molar-refractivity contribution in [3.05, 3.63) is 12.7 Å². The maximum Gasteiger partial charge on any atom is 0.150 e. The number of rotatable bonds is 8. The highest BCUT2D eigenvalue weighted by molar-refractivity contribution is 7.91. The summed E-state index contributed by atoms with van der Waals surface area (Å²) < 4.78 is 22.9. The summed E-state index contributed by atoms with van der Waals surface area (Å²) in [6.45, 7) is 12.5. The van der Waals surface area contributed by atoms with Crippen LogP contribution in [0.4, 0.5) is 0 Å². The molecule has 0 aromatic carbocycles. The molecule has 96 valence electrons. The molecule has 0 saturated carbocycles. The van der Waals surface area contributed by atoms with E-state index in [9.17, 15) is 8.42 Å². The van der Waals surface area contributed by atoms with Gasteiger partial charge in [-0.25, -0.2) is 8.42 Å². The van der Waals surface area contributed by atoms with Crippen molar-refractivity contribution in [2.45, 2.75) is 40.2 Å². The van der Waals surface area contributed by atoms with Gasteiger partial charge in [-0.1, -0.05) is 33.8 Å². The zero-order valence-electron chi connectivity index (χ0n) is 10.9. The Bertz CT molecular complexity index is 309. The molecule has 0 rings (SSSR count). The Morgan fingerprint density at radius 1 is 1.44 bits per heavy atom. The van der Waals surface area contributed by atoms with E-state index in [-0.39, 0.29) is 16.9 Å². The van der Waals surface area contributed by atoms with Crippen LogP contribution in [0.15, 0.2) is 12.7 Å². The van der Waals surface area contributed by atoms with Crippen molar-refractivity contribution < 1.29 is 8.42 Å². The maximum absolute atomic E-state index is 11.4. The topological polar surface area (TPSA) is 46.2 Å². The summed E-state index contributed by atoms with van der Waals surface area (Å²) in [6.07, 6.45) is 2.49. The summed E-state index contributed by atoms with van der Waals surface area (Å²) >= 11 is 0. The third-order valence-corrected chi connectivity index (χ3v) is 4.54. The van der Waals surface area contributed by atoms with Crippen LogP contribution in [0.25, 0.3) is 0 Å². The lowest BCUT2D eigenvalue weighted by molar-refractivity contribution is 0.364. The Balaban J connectivity index is 4.32. The molecule has 1 N–H and O–H groups in total. The van der Waals surface area contributed by atoms with E-state index in [0.717, 1.165) is 6.54 Å². The van der Waals surface area contributed by atoms with Crippen LogP contribution in [-0.2, 0) is 9.84 Å². The van der Waals surface area contributed by atoms with E-state index < -0.39 is 9.84 Å². The molecule has 0 saturated heterocycles. The average Bonchev–Trinajstić information content (AvgIpc) is 2.24. The first-order valence-electron chi connectivity index (χ1n) is 5.82. The second-order valence-corrected chi connectivity index (χ2v) is 7.35.